The number of piperidine rings is 1. The molecule has 2 aromatic carbocycles. The Hall–Kier alpha value is -2.40. The zero-order chi connectivity index (χ0) is 19.8. The average molecular weight is 385 g/mol. The highest BCUT2D eigenvalue weighted by molar-refractivity contribution is 5.89. The van der Waals surface area contributed by atoms with Crippen molar-refractivity contribution in [3.8, 4) is 0 Å². The maximum atomic E-state index is 14.6. The lowest BCUT2D eigenvalue weighted by atomic mass is 10.1. The number of carbonyl (C=O) groups excluding carboxylic acids is 1. The van der Waals surface area contributed by atoms with Crippen molar-refractivity contribution in [1.82, 2.24) is 0 Å². The van der Waals surface area contributed by atoms with E-state index < -0.39 is 5.97 Å². The number of ether oxygens (including phenoxy) is 2. The van der Waals surface area contributed by atoms with Crippen molar-refractivity contribution in [3.05, 3.63) is 65.5 Å². The van der Waals surface area contributed by atoms with Crippen LogP contribution in [0.2, 0.25) is 0 Å². The summed E-state index contributed by atoms with van der Waals surface area (Å²) in [5.41, 5.74) is 1.96. The van der Waals surface area contributed by atoms with Gasteiger partial charge in [0.25, 0.3) is 0 Å². The van der Waals surface area contributed by atoms with Gasteiger partial charge >= 0.3 is 5.97 Å². The summed E-state index contributed by atoms with van der Waals surface area (Å²) >= 11 is 0. The highest BCUT2D eigenvalue weighted by atomic mass is 19.1. The van der Waals surface area contributed by atoms with Gasteiger partial charge in [0.2, 0.25) is 0 Å². The third kappa shape index (κ3) is 5.55. The second-order valence-electron chi connectivity index (χ2n) is 7.14. The van der Waals surface area contributed by atoms with Gasteiger partial charge in [-0.05, 0) is 43.0 Å². The van der Waals surface area contributed by atoms with Crippen molar-refractivity contribution in [2.24, 2.45) is 0 Å². The van der Waals surface area contributed by atoms with Crippen LogP contribution in [0.1, 0.15) is 48.5 Å². The molecule has 0 bridgehead atoms. The number of unbranched alkanes of at least 4 members (excludes halogenated alkanes) is 1. The molecule has 0 spiro atoms. The van der Waals surface area contributed by atoms with Crippen LogP contribution in [-0.4, -0.2) is 31.8 Å². The molecule has 0 N–H and O–H groups in total. The lowest BCUT2D eigenvalue weighted by Crippen LogP contribution is -2.37. The van der Waals surface area contributed by atoms with Gasteiger partial charge in [-0.1, -0.05) is 43.7 Å². The molecular formula is C23H28FNO3. The molecule has 1 aliphatic heterocycles. The van der Waals surface area contributed by atoms with E-state index in [1.54, 1.807) is 12.1 Å². The molecule has 0 amide bonds. The Morgan fingerprint density at radius 2 is 1.89 bits per heavy atom. The topological polar surface area (TPSA) is 38.8 Å². The van der Waals surface area contributed by atoms with E-state index in [9.17, 15) is 9.18 Å². The van der Waals surface area contributed by atoms with Crippen LogP contribution < -0.4 is 4.90 Å². The summed E-state index contributed by atoms with van der Waals surface area (Å²) in [5, 5.41) is 0. The number of nitrogens with zero attached hydrogens (tertiary/aromatic N) is 1. The fourth-order valence-corrected chi connectivity index (χ4v) is 3.33. The monoisotopic (exact) mass is 385 g/mol. The molecule has 1 fully saturated rings. The van der Waals surface area contributed by atoms with Gasteiger partial charge < -0.3 is 14.4 Å². The fourth-order valence-electron chi connectivity index (χ4n) is 3.33. The van der Waals surface area contributed by atoms with Crippen molar-refractivity contribution in [2.45, 2.75) is 45.3 Å². The van der Waals surface area contributed by atoms with Gasteiger partial charge in [-0.3, -0.25) is 0 Å². The van der Waals surface area contributed by atoms with Crippen LogP contribution in [0.5, 0.6) is 0 Å². The minimum absolute atomic E-state index is 0.187. The molecule has 1 saturated heterocycles. The van der Waals surface area contributed by atoms with Gasteiger partial charge in [0.1, 0.15) is 5.82 Å². The molecule has 1 aliphatic rings. The molecule has 5 heteroatoms. The Balaban J connectivity index is 1.50. The molecule has 0 atom stereocenters. The Morgan fingerprint density at radius 3 is 2.57 bits per heavy atom. The van der Waals surface area contributed by atoms with Gasteiger partial charge in [-0.2, -0.15) is 0 Å². The molecular weight excluding hydrogens is 357 g/mol. The molecule has 0 unspecified atom stereocenters. The average Bonchev–Trinajstić information content (AvgIpc) is 2.73. The van der Waals surface area contributed by atoms with Crippen LogP contribution in [0.3, 0.4) is 0 Å². The summed E-state index contributed by atoms with van der Waals surface area (Å²) in [6.45, 7) is 4.47. The largest absolute Gasteiger partial charge is 0.462 e. The minimum atomic E-state index is -0.466. The van der Waals surface area contributed by atoms with Gasteiger partial charge in [-0.15, -0.1) is 0 Å². The molecule has 0 saturated carbocycles. The van der Waals surface area contributed by atoms with E-state index in [-0.39, 0.29) is 17.5 Å². The lowest BCUT2D eigenvalue weighted by molar-refractivity contribution is 0.0250. The first-order valence-corrected chi connectivity index (χ1v) is 10.0. The van der Waals surface area contributed by atoms with Crippen molar-refractivity contribution >= 4 is 11.7 Å². The predicted octanol–water partition coefficient (Wildman–Crippen LogP) is 4.97. The van der Waals surface area contributed by atoms with Gasteiger partial charge in [0, 0.05) is 13.1 Å². The zero-order valence-electron chi connectivity index (χ0n) is 16.4. The number of rotatable bonds is 8. The minimum Gasteiger partial charge on any atom is -0.462 e. The molecule has 4 nitrogen and oxygen atoms in total. The summed E-state index contributed by atoms with van der Waals surface area (Å²) < 4.78 is 25.7. The van der Waals surface area contributed by atoms with E-state index in [4.69, 9.17) is 9.47 Å². The Morgan fingerprint density at radius 1 is 1.14 bits per heavy atom. The normalized spacial score (nSPS) is 14.9. The van der Waals surface area contributed by atoms with Crippen molar-refractivity contribution in [2.75, 3.05) is 24.6 Å². The number of anilines is 1. The second-order valence-corrected chi connectivity index (χ2v) is 7.14. The number of hydrogen-bond donors (Lipinski definition) is 0. The Kier molecular flexibility index (Phi) is 7.43. The third-order valence-electron chi connectivity index (χ3n) is 5.03. The Labute approximate surface area is 166 Å². The first kappa shape index (κ1) is 20.3. The quantitative estimate of drug-likeness (QED) is 0.475. The molecule has 1 heterocycles. The van der Waals surface area contributed by atoms with Crippen molar-refractivity contribution in [1.29, 1.82) is 0 Å². The second kappa shape index (κ2) is 10.2. The number of esters is 1. The van der Waals surface area contributed by atoms with E-state index in [1.165, 1.54) is 6.07 Å². The van der Waals surface area contributed by atoms with E-state index in [1.807, 2.05) is 30.0 Å². The van der Waals surface area contributed by atoms with Gasteiger partial charge in [0.05, 0.1) is 30.6 Å². The van der Waals surface area contributed by atoms with Crippen LogP contribution in [0.4, 0.5) is 10.1 Å². The molecule has 150 valence electrons. The predicted molar refractivity (Wildman–Crippen MR) is 108 cm³/mol. The fraction of sp³-hybridized carbons (Fsp3) is 0.435. The maximum Gasteiger partial charge on any atom is 0.338 e. The number of hydrogen-bond acceptors (Lipinski definition) is 4. The van der Waals surface area contributed by atoms with E-state index >= 15 is 0 Å². The molecule has 28 heavy (non-hydrogen) atoms. The summed E-state index contributed by atoms with van der Waals surface area (Å²) in [7, 11) is 0. The summed E-state index contributed by atoms with van der Waals surface area (Å²) in [6.07, 6.45) is 3.66. The highest BCUT2D eigenvalue weighted by Crippen LogP contribution is 2.26. The van der Waals surface area contributed by atoms with Crippen LogP contribution in [0.25, 0.3) is 0 Å². The summed E-state index contributed by atoms with van der Waals surface area (Å²) in [6, 6.07) is 14.7. The molecule has 0 aliphatic carbocycles. The van der Waals surface area contributed by atoms with Gasteiger partial charge in [-0.25, -0.2) is 9.18 Å². The smallest absolute Gasteiger partial charge is 0.338 e. The first-order chi connectivity index (χ1) is 13.7. The van der Waals surface area contributed by atoms with E-state index in [0.29, 0.717) is 18.9 Å². The van der Waals surface area contributed by atoms with Crippen LogP contribution >= 0.6 is 0 Å². The lowest BCUT2D eigenvalue weighted by Gasteiger charge is -2.33. The summed E-state index contributed by atoms with van der Waals surface area (Å²) in [4.78, 5) is 14.0. The number of benzene rings is 2. The Bertz CT molecular complexity index is 758. The maximum absolute atomic E-state index is 14.6. The first-order valence-electron chi connectivity index (χ1n) is 10.0. The van der Waals surface area contributed by atoms with Gasteiger partial charge in [0.15, 0.2) is 0 Å². The molecule has 0 radical (unpaired) electrons. The standard InChI is InChI=1S/C23H28FNO3/c1-2-3-15-27-23(26)19-9-10-22(21(24)16-19)25-13-11-20(12-14-25)28-17-18-7-5-4-6-8-18/h4-10,16,20H,2-3,11-15,17H2,1H3. The van der Waals surface area contributed by atoms with Crippen LogP contribution in [-0.2, 0) is 16.1 Å². The molecule has 0 aromatic heterocycles. The SMILES string of the molecule is CCCCOC(=O)c1ccc(N2CCC(OCc3ccccc3)CC2)c(F)c1. The van der Waals surface area contributed by atoms with E-state index in [0.717, 1.165) is 44.3 Å². The number of carbonyl (C=O) groups is 1. The van der Waals surface area contributed by atoms with Crippen LogP contribution in [0, 0.1) is 5.82 Å². The summed E-state index contributed by atoms with van der Waals surface area (Å²) in [5.74, 6) is -0.847. The molecule has 3 rings (SSSR count). The number of halogens is 1. The third-order valence-corrected chi connectivity index (χ3v) is 5.03. The van der Waals surface area contributed by atoms with Crippen LogP contribution in [0.15, 0.2) is 48.5 Å². The van der Waals surface area contributed by atoms with E-state index in [2.05, 4.69) is 12.1 Å². The molecule has 2 aromatic rings. The van der Waals surface area contributed by atoms with Crippen molar-refractivity contribution in [3.63, 3.8) is 0 Å². The van der Waals surface area contributed by atoms with Crippen molar-refractivity contribution < 1.29 is 18.7 Å². The highest BCUT2D eigenvalue weighted by Gasteiger charge is 2.22. The zero-order valence-corrected chi connectivity index (χ0v) is 16.4.